The Hall–Kier alpha value is -2.43. The minimum absolute atomic E-state index is 0.292. The van der Waals surface area contributed by atoms with E-state index in [1.54, 1.807) is 25.1 Å². The molecule has 1 aromatic carbocycles. The zero-order valence-corrected chi connectivity index (χ0v) is 12.8. The van der Waals surface area contributed by atoms with E-state index in [0.29, 0.717) is 23.3 Å². The molecule has 5 heteroatoms. The molecule has 0 unspecified atom stereocenters. The van der Waals surface area contributed by atoms with Gasteiger partial charge in [0.05, 0.1) is 11.3 Å². The van der Waals surface area contributed by atoms with Gasteiger partial charge in [0.15, 0.2) is 0 Å². The fourth-order valence-electron chi connectivity index (χ4n) is 2.05. The highest BCUT2D eigenvalue weighted by Crippen LogP contribution is 2.13. The number of hydrogen-bond acceptors (Lipinski definition) is 5. The van der Waals surface area contributed by atoms with Gasteiger partial charge < -0.3 is 9.25 Å². The average molecular weight is 301 g/mol. The van der Waals surface area contributed by atoms with E-state index in [-0.39, 0.29) is 0 Å². The fourth-order valence-corrected chi connectivity index (χ4v) is 2.05. The SMILES string of the molecule is CCCCCC(=O)O/N=C(/C)c1cc2ccccc2oc1=O. The molecule has 116 valence electrons. The van der Waals surface area contributed by atoms with E-state index < -0.39 is 11.6 Å². The third-order valence-electron chi connectivity index (χ3n) is 3.30. The molecule has 5 nitrogen and oxygen atoms in total. The van der Waals surface area contributed by atoms with Crippen LogP contribution in [-0.2, 0) is 9.63 Å². The molecule has 2 aromatic rings. The van der Waals surface area contributed by atoms with E-state index in [1.165, 1.54) is 0 Å². The zero-order chi connectivity index (χ0) is 15.9. The number of fused-ring (bicyclic) bond motifs is 1. The minimum Gasteiger partial charge on any atom is -0.422 e. The van der Waals surface area contributed by atoms with Crippen molar-refractivity contribution in [3.63, 3.8) is 0 Å². The molecule has 1 aromatic heterocycles. The molecule has 0 fully saturated rings. The maximum atomic E-state index is 11.9. The molecule has 0 saturated heterocycles. The van der Waals surface area contributed by atoms with Crippen LogP contribution in [0.4, 0.5) is 0 Å². The number of nitrogens with zero attached hydrogens (tertiary/aromatic N) is 1. The van der Waals surface area contributed by atoms with Crippen molar-refractivity contribution >= 4 is 22.7 Å². The van der Waals surface area contributed by atoms with Crippen molar-refractivity contribution in [3.05, 3.63) is 46.3 Å². The van der Waals surface area contributed by atoms with Crippen LogP contribution < -0.4 is 5.63 Å². The molecule has 0 radical (unpaired) electrons. The van der Waals surface area contributed by atoms with Crippen LogP contribution in [0.15, 0.2) is 44.7 Å². The van der Waals surface area contributed by atoms with E-state index in [4.69, 9.17) is 9.25 Å². The highest BCUT2D eigenvalue weighted by molar-refractivity contribution is 6.00. The topological polar surface area (TPSA) is 68.9 Å². The van der Waals surface area contributed by atoms with Crippen molar-refractivity contribution in [2.24, 2.45) is 5.16 Å². The Kier molecular flexibility index (Phi) is 5.47. The Balaban J connectivity index is 2.13. The number of rotatable bonds is 6. The van der Waals surface area contributed by atoms with Crippen molar-refractivity contribution in [1.29, 1.82) is 0 Å². The van der Waals surface area contributed by atoms with Crippen LogP contribution >= 0.6 is 0 Å². The van der Waals surface area contributed by atoms with Gasteiger partial charge in [-0.25, -0.2) is 9.59 Å². The maximum Gasteiger partial charge on any atom is 0.345 e. The van der Waals surface area contributed by atoms with Gasteiger partial charge in [-0.15, -0.1) is 0 Å². The van der Waals surface area contributed by atoms with Crippen molar-refractivity contribution in [1.82, 2.24) is 0 Å². The molecular weight excluding hydrogens is 282 g/mol. The molecule has 0 aliphatic carbocycles. The minimum atomic E-state index is -0.498. The summed E-state index contributed by atoms with van der Waals surface area (Å²) in [6.07, 6.45) is 3.12. The fraction of sp³-hybridized carbons (Fsp3) is 0.353. The van der Waals surface area contributed by atoms with Crippen LogP contribution in [0.5, 0.6) is 0 Å². The van der Waals surface area contributed by atoms with E-state index in [0.717, 1.165) is 24.6 Å². The van der Waals surface area contributed by atoms with Gasteiger partial charge in [-0.1, -0.05) is 43.1 Å². The molecule has 0 atom stereocenters. The Labute approximate surface area is 128 Å². The number of para-hydroxylation sites is 1. The Morgan fingerprint density at radius 3 is 2.82 bits per heavy atom. The summed E-state index contributed by atoms with van der Waals surface area (Å²) in [5.74, 6) is -0.391. The van der Waals surface area contributed by atoms with Gasteiger partial charge in [-0.05, 0) is 25.5 Å². The third-order valence-corrected chi connectivity index (χ3v) is 3.30. The van der Waals surface area contributed by atoms with Crippen molar-refractivity contribution in [3.8, 4) is 0 Å². The molecular formula is C17H19NO4. The largest absolute Gasteiger partial charge is 0.422 e. The van der Waals surface area contributed by atoms with Gasteiger partial charge >= 0.3 is 11.6 Å². The summed E-state index contributed by atoms with van der Waals surface area (Å²) < 4.78 is 5.22. The highest BCUT2D eigenvalue weighted by atomic mass is 16.7. The molecule has 0 saturated carbocycles. The molecule has 0 aliphatic heterocycles. The lowest BCUT2D eigenvalue weighted by molar-refractivity contribution is -0.143. The van der Waals surface area contributed by atoms with E-state index in [9.17, 15) is 9.59 Å². The lowest BCUT2D eigenvalue weighted by atomic mass is 10.1. The average Bonchev–Trinajstić information content (AvgIpc) is 2.52. The second kappa shape index (κ2) is 7.54. The van der Waals surface area contributed by atoms with E-state index in [1.807, 2.05) is 12.1 Å². The summed E-state index contributed by atoms with van der Waals surface area (Å²) in [5, 5.41) is 4.54. The Morgan fingerprint density at radius 2 is 2.05 bits per heavy atom. The number of benzene rings is 1. The number of hydrogen-bond donors (Lipinski definition) is 0. The normalized spacial score (nSPS) is 11.6. The van der Waals surface area contributed by atoms with Gasteiger partial charge in [-0.2, -0.15) is 0 Å². The van der Waals surface area contributed by atoms with E-state index in [2.05, 4.69) is 12.1 Å². The van der Waals surface area contributed by atoms with Crippen LogP contribution in [0.25, 0.3) is 11.0 Å². The summed E-state index contributed by atoms with van der Waals surface area (Å²) in [7, 11) is 0. The van der Waals surface area contributed by atoms with Crippen LogP contribution in [-0.4, -0.2) is 11.7 Å². The summed E-state index contributed by atoms with van der Waals surface area (Å²) in [6.45, 7) is 3.67. The van der Waals surface area contributed by atoms with E-state index >= 15 is 0 Å². The quantitative estimate of drug-likeness (QED) is 0.268. The van der Waals surface area contributed by atoms with Crippen molar-refractivity contribution in [2.75, 3.05) is 0 Å². The second-order valence-corrected chi connectivity index (χ2v) is 5.08. The monoisotopic (exact) mass is 301 g/mol. The molecule has 0 N–H and O–H groups in total. The molecule has 0 aliphatic rings. The van der Waals surface area contributed by atoms with Gasteiger partial charge in [-0.3, -0.25) is 0 Å². The van der Waals surface area contributed by atoms with Crippen LogP contribution in [0.3, 0.4) is 0 Å². The van der Waals surface area contributed by atoms with Gasteiger partial charge in [0.2, 0.25) is 0 Å². The zero-order valence-electron chi connectivity index (χ0n) is 12.8. The molecule has 22 heavy (non-hydrogen) atoms. The predicted molar refractivity (Wildman–Crippen MR) is 84.9 cm³/mol. The molecule has 0 bridgehead atoms. The van der Waals surface area contributed by atoms with Gasteiger partial charge in [0.1, 0.15) is 5.58 Å². The number of unbranched alkanes of at least 4 members (excludes halogenated alkanes) is 2. The van der Waals surface area contributed by atoms with Crippen LogP contribution in [0.1, 0.15) is 45.1 Å². The third kappa shape index (κ3) is 4.04. The first-order chi connectivity index (χ1) is 10.6. The Morgan fingerprint density at radius 1 is 1.27 bits per heavy atom. The molecule has 0 spiro atoms. The number of oxime groups is 1. The maximum absolute atomic E-state index is 11.9. The summed E-state index contributed by atoms with van der Waals surface area (Å²) in [6, 6.07) is 8.90. The first-order valence-electron chi connectivity index (χ1n) is 7.39. The van der Waals surface area contributed by atoms with Gasteiger partial charge in [0, 0.05) is 11.8 Å². The van der Waals surface area contributed by atoms with Crippen LogP contribution in [0.2, 0.25) is 0 Å². The number of carbonyl (C=O) groups excluding carboxylic acids is 1. The summed E-state index contributed by atoms with van der Waals surface area (Å²) in [4.78, 5) is 28.3. The lowest BCUT2D eigenvalue weighted by Gasteiger charge is -2.02. The first-order valence-corrected chi connectivity index (χ1v) is 7.39. The smallest absolute Gasteiger partial charge is 0.345 e. The lowest BCUT2D eigenvalue weighted by Crippen LogP contribution is -2.13. The predicted octanol–water partition coefficient (Wildman–Crippen LogP) is 3.64. The van der Waals surface area contributed by atoms with Gasteiger partial charge in [0.25, 0.3) is 0 Å². The van der Waals surface area contributed by atoms with Crippen LogP contribution in [0, 0.1) is 0 Å². The highest BCUT2D eigenvalue weighted by Gasteiger charge is 2.09. The van der Waals surface area contributed by atoms with Crippen molar-refractivity contribution < 1.29 is 14.0 Å². The standard InChI is InChI=1S/C17H19NO4/c1-3-4-5-10-16(19)22-18-12(2)14-11-13-8-6-7-9-15(13)21-17(14)20/h6-9,11H,3-5,10H2,1-2H3/b18-12-. The summed E-state index contributed by atoms with van der Waals surface area (Å²) in [5.41, 5.74) is 0.631. The molecule has 1 heterocycles. The molecule has 0 amide bonds. The Bertz CT molecular complexity index is 746. The molecule has 2 rings (SSSR count). The first kappa shape index (κ1) is 15.9. The summed E-state index contributed by atoms with van der Waals surface area (Å²) >= 11 is 0. The second-order valence-electron chi connectivity index (χ2n) is 5.08. The number of carbonyl (C=O) groups is 1. The van der Waals surface area contributed by atoms with Crippen molar-refractivity contribution in [2.45, 2.75) is 39.5 Å².